The zero-order valence-corrected chi connectivity index (χ0v) is 16.4. The number of alkyl halides is 1. The fraction of sp³-hybridized carbons (Fsp3) is 0.0526. The Morgan fingerprint density at radius 3 is 1.05 bits per heavy atom. The van der Waals surface area contributed by atoms with Gasteiger partial charge in [-0.05, 0) is 0 Å². The van der Waals surface area contributed by atoms with Gasteiger partial charge < -0.3 is 0 Å². The SMILES string of the molecule is Cl[CH2][Pb]([c]1ccccc1)([c]1ccccc1)[c]1ccccc1. The van der Waals surface area contributed by atoms with E-state index in [2.05, 4.69) is 91.0 Å². The molecule has 0 aliphatic carbocycles. The Morgan fingerprint density at radius 1 is 0.524 bits per heavy atom. The van der Waals surface area contributed by atoms with E-state index in [1.54, 1.807) is 0 Å². The van der Waals surface area contributed by atoms with Crippen molar-refractivity contribution in [3.8, 4) is 0 Å². The van der Waals surface area contributed by atoms with Crippen LogP contribution in [0.2, 0.25) is 0 Å². The van der Waals surface area contributed by atoms with Crippen LogP contribution in [0, 0.1) is 0 Å². The molecular formula is C19H17ClPb. The quantitative estimate of drug-likeness (QED) is 0.392. The van der Waals surface area contributed by atoms with Gasteiger partial charge in [-0.2, -0.15) is 0 Å². The van der Waals surface area contributed by atoms with Crippen LogP contribution < -0.4 is 9.37 Å². The minimum atomic E-state index is -3.22. The molecule has 0 aliphatic heterocycles. The molecule has 0 nitrogen and oxygen atoms in total. The molecule has 2 heteroatoms. The number of halogens is 1. The van der Waals surface area contributed by atoms with Crippen molar-refractivity contribution in [3.63, 3.8) is 0 Å². The number of hydrogen-bond acceptors (Lipinski definition) is 0. The zero-order chi connectivity index (χ0) is 14.5. The molecule has 0 radical (unpaired) electrons. The molecule has 0 unspecified atom stereocenters. The molecule has 0 heterocycles. The van der Waals surface area contributed by atoms with Crippen molar-refractivity contribution < 1.29 is 0 Å². The molecule has 3 rings (SSSR count). The molecule has 0 aromatic heterocycles. The Labute approximate surface area is 136 Å². The first-order valence-corrected chi connectivity index (χ1v) is 16.2. The summed E-state index contributed by atoms with van der Waals surface area (Å²) in [4.78, 5) is 0. The van der Waals surface area contributed by atoms with Crippen LogP contribution in [-0.2, 0) is 0 Å². The van der Waals surface area contributed by atoms with Crippen LogP contribution in [0.1, 0.15) is 0 Å². The summed E-state index contributed by atoms with van der Waals surface area (Å²) < 4.78 is 5.05. The number of rotatable bonds is 4. The van der Waals surface area contributed by atoms with Gasteiger partial charge in [-0.1, -0.05) is 0 Å². The van der Waals surface area contributed by atoms with E-state index >= 15 is 0 Å². The molecule has 0 fully saturated rings. The Bertz CT molecular complexity index is 584. The van der Waals surface area contributed by atoms with E-state index in [0.29, 0.717) is 0 Å². The maximum atomic E-state index is 6.63. The third-order valence-electron chi connectivity index (χ3n) is 4.00. The molecule has 0 saturated carbocycles. The van der Waals surface area contributed by atoms with Gasteiger partial charge >= 0.3 is 137 Å². The van der Waals surface area contributed by atoms with Crippen molar-refractivity contribution in [2.75, 3.05) is 3.44 Å². The van der Waals surface area contributed by atoms with Crippen LogP contribution in [0.5, 0.6) is 0 Å². The van der Waals surface area contributed by atoms with Crippen molar-refractivity contribution in [3.05, 3.63) is 91.0 Å². The monoisotopic (exact) mass is 488 g/mol. The van der Waals surface area contributed by atoms with Crippen molar-refractivity contribution in [2.24, 2.45) is 0 Å². The normalized spacial score (nSPS) is 11.3. The van der Waals surface area contributed by atoms with Crippen molar-refractivity contribution in [1.29, 1.82) is 0 Å². The molecule has 0 amide bonds. The standard InChI is InChI=1S/3C6H5.CH2Cl.Pb/c3*1-2-4-6-5-3-1;1-2;/h3*1-5H;1H2;. The summed E-state index contributed by atoms with van der Waals surface area (Å²) in [7, 11) is 0. The van der Waals surface area contributed by atoms with E-state index in [1.165, 1.54) is 9.37 Å². The van der Waals surface area contributed by atoms with Gasteiger partial charge in [-0.25, -0.2) is 0 Å². The summed E-state index contributed by atoms with van der Waals surface area (Å²) in [5.74, 6) is 0. The molecule has 0 bridgehead atoms. The molecule has 3 aromatic carbocycles. The van der Waals surface area contributed by atoms with Gasteiger partial charge in [0.05, 0.1) is 0 Å². The van der Waals surface area contributed by atoms with E-state index in [-0.39, 0.29) is 0 Å². The van der Waals surface area contributed by atoms with Gasteiger partial charge in [0.1, 0.15) is 0 Å². The Morgan fingerprint density at radius 2 is 0.810 bits per heavy atom. The second-order valence-electron chi connectivity index (χ2n) is 5.14. The number of benzene rings is 3. The Hall–Kier alpha value is -1.13. The van der Waals surface area contributed by atoms with Crippen LogP contribution >= 0.6 is 11.6 Å². The fourth-order valence-electron chi connectivity index (χ4n) is 2.90. The molecule has 104 valence electrons. The van der Waals surface area contributed by atoms with E-state index < -0.39 is 21.2 Å². The van der Waals surface area contributed by atoms with Gasteiger partial charge in [-0.3, -0.25) is 0 Å². The van der Waals surface area contributed by atoms with Gasteiger partial charge in [0.2, 0.25) is 0 Å². The van der Waals surface area contributed by atoms with Crippen molar-refractivity contribution >= 4 is 42.1 Å². The summed E-state index contributed by atoms with van der Waals surface area (Å²) >= 11 is 3.40. The number of hydrogen-bond donors (Lipinski definition) is 0. The van der Waals surface area contributed by atoms with Gasteiger partial charge in [0.15, 0.2) is 0 Å². The second kappa shape index (κ2) is 6.76. The summed E-state index contributed by atoms with van der Waals surface area (Å²) in [6.07, 6.45) is 0. The fourth-order valence-corrected chi connectivity index (χ4v) is 21.5. The zero-order valence-electron chi connectivity index (χ0n) is 11.7. The van der Waals surface area contributed by atoms with Gasteiger partial charge in [0.25, 0.3) is 0 Å². The summed E-state index contributed by atoms with van der Waals surface area (Å²) in [5, 5.41) is 0. The topological polar surface area (TPSA) is 0 Å². The summed E-state index contributed by atoms with van der Waals surface area (Å²) in [6.45, 7) is 0. The van der Waals surface area contributed by atoms with E-state index in [9.17, 15) is 0 Å². The van der Waals surface area contributed by atoms with E-state index in [4.69, 9.17) is 11.6 Å². The molecule has 0 N–H and O–H groups in total. The first-order valence-electron chi connectivity index (χ1n) is 7.10. The van der Waals surface area contributed by atoms with Crippen LogP contribution in [0.25, 0.3) is 0 Å². The molecule has 0 atom stereocenters. The first-order chi connectivity index (χ1) is 10.4. The average molecular weight is 488 g/mol. The second-order valence-corrected chi connectivity index (χ2v) is 22.3. The third kappa shape index (κ3) is 2.79. The van der Waals surface area contributed by atoms with Gasteiger partial charge in [-0.15, -0.1) is 0 Å². The Kier molecular flexibility index (Phi) is 4.76. The molecule has 3 aromatic rings. The summed E-state index contributed by atoms with van der Waals surface area (Å²) in [5.41, 5.74) is 0. The molecule has 0 saturated heterocycles. The van der Waals surface area contributed by atoms with Crippen molar-refractivity contribution in [2.45, 2.75) is 0 Å². The minimum absolute atomic E-state index is 0.727. The predicted molar refractivity (Wildman–Crippen MR) is 94.7 cm³/mol. The van der Waals surface area contributed by atoms with Crippen molar-refractivity contribution in [1.82, 2.24) is 0 Å². The van der Waals surface area contributed by atoms with Crippen LogP contribution in [0.15, 0.2) is 91.0 Å². The molecule has 0 spiro atoms. The third-order valence-corrected chi connectivity index (χ3v) is 24.5. The Balaban J connectivity index is 2.29. The predicted octanol–water partition coefficient (Wildman–Crippen LogP) is 2.93. The summed E-state index contributed by atoms with van der Waals surface area (Å²) in [6, 6.07) is 32.5. The average Bonchev–Trinajstić information content (AvgIpc) is 2.59. The van der Waals surface area contributed by atoms with E-state index in [1.807, 2.05) is 0 Å². The van der Waals surface area contributed by atoms with Gasteiger partial charge in [0, 0.05) is 0 Å². The van der Waals surface area contributed by atoms with E-state index in [0.717, 1.165) is 3.44 Å². The first kappa shape index (κ1) is 14.8. The molecular weight excluding hydrogens is 471 g/mol. The molecule has 21 heavy (non-hydrogen) atoms. The van der Waals surface area contributed by atoms with Crippen LogP contribution in [0.3, 0.4) is 0 Å². The molecule has 0 aliphatic rings. The van der Waals surface area contributed by atoms with Crippen LogP contribution in [0.4, 0.5) is 0 Å². The maximum absolute atomic E-state index is 6.63. The van der Waals surface area contributed by atoms with Crippen LogP contribution in [-0.4, -0.2) is 24.6 Å².